The van der Waals surface area contributed by atoms with Crippen molar-refractivity contribution in [3.8, 4) is 0 Å². The van der Waals surface area contributed by atoms with Gasteiger partial charge in [-0.3, -0.25) is 0 Å². The molecule has 0 heterocycles. The summed E-state index contributed by atoms with van der Waals surface area (Å²) in [4.78, 5) is 11.5. The van der Waals surface area contributed by atoms with Crippen molar-refractivity contribution in [1.29, 1.82) is 0 Å². The van der Waals surface area contributed by atoms with Gasteiger partial charge in [0, 0.05) is 0 Å². The molecule has 0 unspecified atom stereocenters. The first kappa shape index (κ1) is 11.7. The van der Waals surface area contributed by atoms with Crippen LogP contribution in [0.25, 0.3) is 0 Å². The van der Waals surface area contributed by atoms with Crippen LogP contribution in [0.4, 0.5) is 0 Å². The van der Waals surface area contributed by atoms with Gasteiger partial charge < -0.3 is 9.84 Å². The molecule has 0 aliphatic heterocycles. The Bertz CT molecular complexity index is 314. The van der Waals surface area contributed by atoms with Gasteiger partial charge in [-0.1, -0.05) is 26.0 Å². The number of rotatable bonds is 4. The van der Waals surface area contributed by atoms with Crippen molar-refractivity contribution in [2.24, 2.45) is 5.92 Å². The van der Waals surface area contributed by atoms with Gasteiger partial charge in [-0.05, 0) is 23.6 Å². The summed E-state index contributed by atoms with van der Waals surface area (Å²) in [5.74, 6) is 0.0267. The first-order valence-electron chi connectivity index (χ1n) is 5.00. The second kappa shape index (κ2) is 5.51. The van der Waals surface area contributed by atoms with Crippen molar-refractivity contribution in [2.45, 2.75) is 20.5 Å². The Morgan fingerprint density at radius 2 is 1.93 bits per heavy atom. The van der Waals surface area contributed by atoms with E-state index in [1.165, 1.54) is 0 Å². The van der Waals surface area contributed by atoms with E-state index >= 15 is 0 Å². The Hall–Kier alpha value is -1.35. The van der Waals surface area contributed by atoms with Gasteiger partial charge in [0.2, 0.25) is 0 Å². The Morgan fingerprint density at radius 1 is 1.33 bits per heavy atom. The van der Waals surface area contributed by atoms with Gasteiger partial charge in [0.25, 0.3) is 0 Å². The van der Waals surface area contributed by atoms with E-state index in [0.717, 1.165) is 5.56 Å². The molecule has 1 rings (SSSR count). The van der Waals surface area contributed by atoms with Gasteiger partial charge in [0.05, 0.1) is 18.8 Å². The lowest BCUT2D eigenvalue weighted by molar-refractivity contribution is 0.0459. The van der Waals surface area contributed by atoms with Crippen LogP contribution < -0.4 is 0 Å². The van der Waals surface area contributed by atoms with E-state index in [2.05, 4.69) is 0 Å². The van der Waals surface area contributed by atoms with Crippen molar-refractivity contribution in [3.05, 3.63) is 35.4 Å². The predicted octanol–water partition coefficient (Wildman–Crippen LogP) is 1.99. The third-order valence-electron chi connectivity index (χ3n) is 1.92. The van der Waals surface area contributed by atoms with Gasteiger partial charge in [0.15, 0.2) is 0 Å². The second-order valence-corrected chi connectivity index (χ2v) is 3.85. The van der Waals surface area contributed by atoms with Gasteiger partial charge in [-0.15, -0.1) is 0 Å². The fourth-order valence-corrected chi connectivity index (χ4v) is 1.07. The number of esters is 1. The number of hydrogen-bond donors (Lipinski definition) is 1. The summed E-state index contributed by atoms with van der Waals surface area (Å²) < 4.78 is 5.06. The van der Waals surface area contributed by atoms with E-state index in [9.17, 15) is 4.79 Å². The molecule has 1 N–H and O–H groups in total. The number of carbonyl (C=O) groups is 1. The van der Waals surface area contributed by atoms with Crippen LogP contribution in [0.15, 0.2) is 24.3 Å². The van der Waals surface area contributed by atoms with Crippen molar-refractivity contribution in [2.75, 3.05) is 6.61 Å². The van der Waals surface area contributed by atoms with Gasteiger partial charge in [-0.25, -0.2) is 4.79 Å². The van der Waals surface area contributed by atoms with Crippen molar-refractivity contribution in [3.63, 3.8) is 0 Å². The molecule has 82 valence electrons. The maximum atomic E-state index is 11.5. The lowest BCUT2D eigenvalue weighted by Crippen LogP contribution is -2.10. The molecule has 1 aromatic carbocycles. The molecular formula is C12H16O3. The molecule has 3 heteroatoms. The largest absolute Gasteiger partial charge is 0.462 e. The Kier molecular flexibility index (Phi) is 4.31. The van der Waals surface area contributed by atoms with Crippen LogP contribution in [-0.2, 0) is 11.3 Å². The van der Waals surface area contributed by atoms with Gasteiger partial charge in [-0.2, -0.15) is 0 Å². The molecule has 0 aromatic heterocycles. The molecule has 0 bridgehead atoms. The fourth-order valence-electron chi connectivity index (χ4n) is 1.07. The number of aliphatic hydroxyl groups is 1. The van der Waals surface area contributed by atoms with E-state index < -0.39 is 0 Å². The molecule has 0 fully saturated rings. The van der Waals surface area contributed by atoms with E-state index in [1.807, 2.05) is 13.8 Å². The Labute approximate surface area is 89.7 Å². The summed E-state index contributed by atoms with van der Waals surface area (Å²) in [5.41, 5.74) is 1.31. The van der Waals surface area contributed by atoms with Crippen LogP contribution in [0.3, 0.4) is 0 Å². The lowest BCUT2D eigenvalue weighted by Gasteiger charge is -2.07. The zero-order valence-electron chi connectivity index (χ0n) is 9.06. The number of benzene rings is 1. The highest BCUT2D eigenvalue weighted by atomic mass is 16.5. The average Bonchev–Trinajstić information content (AvgIpc) is 2.26. The predicted molar refractivity (Wildman–Crippen MR) is 57.5 cm³/mol. The minimum Gasteiger partial charge on any atom is -0.462 e. The topological polar surface area (TPSA) is 46.5 Å². The normalized spacial score (nSPS) is 10.4. The van der Waals surface area contributed by atoms with Crippen LogP contribution in [0.5, 0.6) is 0 Å². The molecular weight excluding hydrogens is 192 g/mol. The second-order valence-electron chi connectivity index (χ2n) is 3.85. The maximum Gasteiger partial charge on any atom is 0.338 e. The van der Waals surface area contributed by atoms with Gasteiger partial charge in [0.1, 0.15) is 0 Å². The molecule has 0 aliphatic rings. The summed E-state index contributed by atoms with van der Waals surface area (Å²) in [5, 5.41) is 8.83. The van der Waals surface area contributed by atoms with Crippen LogP contribution >= 0.6 is 0 Å². The highest BCUT2D eigenvalue weighted by molar-refractivity contribution is 5.89. The first-order chi connectivity index (χ1) is 7.13. The number of ether oxygens (including phenoxy) is 1. The van der Waals surface area contributed by atoms with E-state index in [4.69, 9.17) is 9.84 Å². The average molecular weight is 208 g/mol. The number of carbonyl (C=O) groups excluding carboxylic acids is 1. The zero-order chi connectivity index (χ0) is 11.3. The molecule has 15 heavy (non-hydrogen) atoms. The summed E-state index contributed by atoms with van der Waals surface area (Å²) in [6.07, 6.45) is 0. The molecule has 0 atom stereocenters. The fraction of sp³-hybridized carbons (Fsp3) is 0.417. The molecule has 3 nitrogen and oxygen atoms in total. The van der Waals surface area contributed by atoms with Gasteiger partial charge >= 0.3 is 5.97 Å². The minimum atomic E-state index is -0.312. The highest BCUT2D eigenvalue weighted by Gasteiger charge is 2.07. The molecule has 0 aliphatic carbocycles. The summed E-state index contributed by atoms with van der Waals surface area (Å²) >= 11 is 0. The molecule has 1 aromatic rings. The Balaban J connectivity index is 2.58. The summed E-state index contributed by atoms with van der Waals surface area (Å²) in [7, 11) is 0. The van der Waals surface area contributed by atoms with Crippen LogP contribution in [0.2, 0.25) is 0 Å². The van der Waals surface area contributed by atoms with Crippen molar-refractivity contribution in [1.82, 2.24) is 0 Å². The Morgan fingerprint density at radius 3 is 2.40 bits per heavy atom. The lowest BCUT2D eigenvalue weighted by atomic mass is 10.1. The summed E-state index contributed by atoms with van der Waals surface area (Å²) in [6, 6.07) is 6.75. The molecule has 0 saturated carbocycles. The van der Waals surface area contributed by atoms with Crippen LogP contribution in [0, 0.1) is 5.92 Å². The maximum absolute atomic E-state index is 11.5. The third kappa shape index (κ3) is 3.72. The quantitative estimate of drug-likeness (QED) is 0.770. The molecule has 0 spiro atoms. The van der Waals surface area contributed by atoms with E-state index in [0.29, 0.717) is 18.1 Å². The molecule has 0 amide bonds. The SMILES string of the molecule is CC(C)COC(=O)c1ccc(CO)cc1. The van der Waals surface area contributed by atoms with E-state index in [1.54, 1.807) is 24.3 Å². The molecule has 0 radical (unpaired) electrons. The summed E-state index contributed by atoms with van der Waals surface area (Å²) in [6.45, 7) is 4.40. The number of aliphatic hydroxyl groups excluding tert-OH is 1. The van der Waals surface area contributed by atoms with Crippen molar-refractivity contribution >= 4 is 5.97 Å². The monoisotopic (exact) mass is 208 g/mol. The highest BCUT2D eigenvalue weighted by Crippen LogP contribution is 2.06. The molecule has 0 saturated heterocycles. The third-order valence-corrected chi connectivity index (χ3v) is 1.92. The standard InChI is InChI=1S/C12H16O3/c1-9(2)8-15-12(14)11-5-3-10(7-13)4-6-11/h3-6,9,13H,7-8H2,1-2H3. The number of hydrogen-bond acceptors (Lipinski definition) is 3. The smallest absolute Gasteiger partial charge is 0.338 e. The van der Waals surface area contributed by atoms with Crippen LogP contribution in [-0.4, -0.2) is 17.7 Å². The van der Waals surface area contributed by atoms with Crippen LogP contribution in [0.1, 0.15) is 29.8 Å². The van der Waals surface area contributed by atoms with Crippen molar-refractivity contribution < 1.29 is 14.6 Å². The zero-order valence-corrected chi connectivity index (χ0v) is 9.06. The first-order valence-corrected chi connectivity index (χ1v) is 5.00. The van der Waals surface area contributed by atoms with E-state index in [-0.39, 0.29) is 12.6 Å². The minimum absolute atomic E-state index is 0.0126.